The highest BCUT2D eigenvalue weighted by Crippen LogP contribution is 2.32. The molecule has 1 heterocycles. The Bertz CT molecular complexity index is 505. The number of rotatable bonds is 3. The zero-order valence-corrected chi connectivity index (χ0v) is 10.4. The van der Waals surface area contributed by atoms with E-state index in [0.717, 1.165) is 30.6 Å². The molecule has 1 aliphatic rings. The van der Waals surface area contributed by atoms with E-state index < -0.39 is 5.97 Å². The van der Waals surface area contributed by atoms with Gasteiger partial charge in [0.05, 0.1) is 17.7 Å². The van der Waals surface area contributed by atoms with Crippen molar-refractivity contribution in [2.45, 2.75) is 32.2 Å². The molecule has 1 aliphatic heterocycles. The lowest BCUT2D eigenvalue weighted by molar-refractivity contribution is -0.137. The maximum atomic E-state index is 10.9. The van der Waals surface area contributed by atoms with Crippen LogP contribution in [0.15, 0.2) is 18.2 Å². The smallest absolute Gasteiger partial charge is 0.305 e. The Morgan fingerprint density at radius 1 is 1.61 bits per heavy atom. The first-order valence-electron chi connectivity index (χ1n) is 6.11. The van der Waals surface area contributed by atoms with Crippen molar-refractivity contribution in [2.24, 2.45) is 0 Å². The van der Waals surface area contributed by atoms with Crippen molar-refractivity contribution >= 4 is 11.7 Å². The van der Waals surface area contributed by atoms with Gasteiger partial charge in [0.25, 0.3) is 0 Å². The third-order valence-electron chi connectivity index (χ3n) is 3.43. The summed E-state index contributed by atoms with van der Waals surface area (Å²) in [7, 11) is 0. The molecule has 1 aromatic carbocycles. The van der Waals surface area contributed by atoms with Gasteiger partial charge in [-0.2, -0.15) is 5.26 Å². The molecule has 1 aromatic rings. The first-order valence-corrected chi connectivity index (χ1v) is 6.11. The topological polar surface area (TPSA) is 64.3 Å². The average molecular weight is 244 g/mol. The Morgan fingerprint density at radius 2 is 2.39 bits per heavy atom. The summed E-state index contributed by atoms with van der Waals surface area (Å²) in [4.78, 5) is 13.0. The second-order valence-corrected chi connectivity index (χ2v) is 4.67. The average Bonchev–Trinajstić information content (AvgIpc) is 2.75. The van der Waals surface area contributed by atoms with E-state index in [0.29, 0.717) is 5.56 Å². The normalized spacial score (nSPS) is 18.7. The van der Waals surface area contributed by atoms with Gasteiger partial charge < -0.3 is 10.0 Å². The minimum Gasteiger partial charge on any atom is -0.481 e. The first kappa shape index (κ1) is 12.4. The third kappa shape index (κ3) is 2.30. The van der Waals surface area contributed by atoms with Crippen LogP contribution in [0.4, 0.5) is 5.69 Å². The van der Waals surface area contributed by atoms with Crippen LogP contribution in [0.5, 0.6) is 0 Å². The Hall–Kier alpha value is -2.02. The fraction of sp³-hybridized carbons (Fsp3) is 0.429. The number of carboxylic acid groups (broad SMARTS) is 1. The number of hydrogen-bond acceptors (Lipinski definition) is 3. The molecular formula is C14H16N2O2. The highest BCUT2D eigenvalue weighted by atomic mass is 16.4. The summed E-state index contributed by atoms with van der Waals surface area (Å²) in [5.74, 6) is -0.779. The van der Waals surface area contributed by atoms with Gasteiger partial charge in [-0.25, -0.2) is 0 Å². The minimum absolute atomic E-state index is 0.00991. The monoisotopic (exact) mass is 244 g/mol. The standard InChI is InChI=1S/C14H16N2O2/c1-10-4-2-5-11(9-15)14(10)16-7-3-6-12(16)8-13(17)18/h2,4-5,12H,3,6-8H2,1H3,(H,17,18). The van der Waals surface area contributed by atoms with Crippen LogP contribution in [0.2, 0.25) is 0 Å². The summed E-state index contributed by atoms with van der Waals surface area (Å²) in [6.07, 6.45) is 2.00. The van der Waals surface area contributed by atoms with E-state index in [1.54, 1.807) is 6.07 Å². The maximum absolute atomic E-state index is 10.9. The molecule has 94 valence electrons. The molecule has 0 amide bonds. The molecular weight excluding hydrogens is 228 g/mol. The van der Waals surface area contributed by atoms with Gasteiger partial charge in [-0.3, -0.25) is 4.79 Å². The summed E-state index contributed by atoms with van der Waals surface area (Å²) < 4.78 is 0. The number of para-hydroxylation sites is 1. The number of aliphatic carboxylic acids is 1. The number of anilines is 1. The Labute approximate surface area is 106 Å². The second kappa shape index (κ2) is 5.09. The van der Waals surface area contributed by atoms with Gasteiger partial charge >= 0.3 is 5.97 Å². The van der Waals surface area contributed by atoms with Crippen LogP contribution < -0.4 is 4.90 Å². The molecule has 1 unspecified atom stereocenters. The summed E-state index contributed by atoms with van der Waals surface area (Å²) in [5.41, 5.74) is 2.57. The lowest BCUT2D eigenvalue weighted by Gasteiger charge is -2.28. The molecule has 0 saturated carbocycles. The molecule has 2 rings (SSSR count). The van der Waals surface area contributed by atoms with Gasteiger partial charge in [-0.15, -0.1) is 0 Å². The predicted molar refractivity (Wildman–Crippen MR) is 68.5 cm³/mol. The number of benzene rings is 1. The Kier molecular flexibility index (Phi) is 3.52. The van der Waals surface area contributed by atoms with Crippen molar-refractivity contribution < 1.29 is 9.90 Å². The van der Waals surface area contributed by atoms with E-state index in [1.165, 1.54) is 0 Å². The van der Waals surface area contributed by atoms with Crippen LogP contribution in [-0.2, 0) is 4.79 Å². The lowest BCUT2D eigenvalue weighted by Crippen LogP contribution is -2.32. The largest absolute Gasteiger partial charge is 0.481 e. The lowest BCUT2D eigenvalue weighted by atomic mass is 10.1. The summed E-state index contributed by atoms with van der Waals surface area (Å²) in [6.45, 7) is 2.80. The number of nitriles is 1. The van der Waals surface area contributed by atoms with Crippen LogP contribution >= 0.6 is 0 Å². The number of nitrogens with zero attached hydrogens (tertiary/aromatic N) is 2. The molecule has 4 heteroatoms. The summed E-state index contributed by atoms with van der Waals surface area (Å²) in [6, 6.07) is 7.82. The van der Waals surface area contributed by atoms with Crippen LogP contribution in [0, 0.1) is 18.3 Å². The molecule has 0 bridgehead atoms. The zero-order valence-electron chi connectivity index (χ0n) is 10.4. The molecule has 18 heavy (non-hydrogen) atoms. The van der Waals surface area contributed by atoms with E-state index in [4.69, 9.17) is 5.11 Å². The van der Waals surface area contributed by atoms with Crippen molar-refractivity contribution in [3.8, 4) is 6.07 Å². The fourth-order valence-electron chi connectivity index (χ4n) is 2.67. The van der Waals surface area contributed by atoms with Crippen molar-refractivity contribution in [1.29, 1.82) is 5.26 Å². The van der Waals surface area contributed by atoms with Gasteiger partial charge in [-0.05, 0) is 31.4 Å². The van der Waals surface area contributed by atoms with Gasteiger partial charge in [0.1, 0.15) is 6.07 Å². The molecule has 1 fully saturated rings. The van der Waals surface area contributed by atoms with Crippen molar-refractivity contribution in [2.75, 3.05) is 11.4 Å². The minimum atomic E-state index is -0.779. The number of aryl methyl sites for hydroxylation is 1. The van der Waals surface area contributed by atoms with E-state index in [-0.39, 0.29) is 12.5 Å². The van der Waals surface area contributed by atoms with Crippen LogP contribution in [0.25, 0.3) is 0 Å². The first-order chi connectivity index (χ1) is 8.63. The van der Waals surface area contributed by atoms with Crippen LogP contribution in [0.1, 0.15) is 30.4 Å². The highest BCUT2D eigenvalue weighted by Gasteiger charge is 2.29. The molecule has 1 atom stereocenters. The molecule has 4 nitrogen and oxygen atoms in total. The fourth-order valence-corrected chi connectivity index (χ4v) is 2.67. The van der Waals surface area contributed by atoms with Crippen LogP contribution in [0.3, 0.4) is 0 Å². The molecule has 0 spiro atoms. The van der Waals surface area contributed by atoms with Crippen molar-refractivity contribution in [3.05, 3.63) is 29.3 Å². The number of hydrogen-bond donors (Lipinski definition) is 1. The van der Waals surface area contributed by atoms with Gasteiger partial charge in [-0.1, -0.05) is 12.1 Å². The molecule has 0 radical (unpaired) electrons. The number of carbonyl (C=O) groups is 1. The second-order valence-electron chi connectivity index (χ2n) is 4.67. The summed E-state index contributed by atoms with van der Waals surface area (Å²) >= 11 is 0. The Morgan fingerprint density at radius 3 is 3.06 bits per heavy atom. The highest BCUT2D eigenvalue weighted by molar-refractivity contribution is 5.70. The number of carboxylic acids is 1. The summed E-state index contributed by atoms with van der Waals surface area (Å²) in [5, 5.41) is 18.1. The van der Waals surface area contributed by atoms with Gasteiger partial charge in [0.15, 0.2) is 0 Å². The van der Waals surface area contributed by atoms with E-state index >= 15 is 0 Å². The predicted octanol–water partition coefficient (Wildman–Crippen LogP) is 2.31. The molecule has 0 aromatic heterocycles. The SMILES string of the molecule is Cc1cccc(C#N)c1N1CCCC1CC(=O)O. The third-order valence-corrected chi connectivity index (χ3v) is 3.43. The maximum Gasteiger partial charge on any atom is 0.305 e. The molecule has 1 saturated heterocycles. The van der Waals surface area contributed by atoms with Crippen molar-refractivity contribution in [1.82, 2.24) is 0 Å². The van der Waals surface area contributed by atoms with E-state index in [2.05, 4.69) is 11.0 Å². The van der Waals surface area contributed by atoms with Gasteiger partial charge in [0.2, 0.25) is 0 Å². The molecule has 0 aliphatic carbocycles. The molecule has 1 N–H and O–H groups in total. The zero-order chi connectivity index (χ0) is 13.1. The quantitative estimate of drug-likeness (QED) is 0.886. The van der Waals surface area contributed by atoms with E-state index in [1.807, 2.05) is 19.1 Å². The Balaban J connectivity index is 2.36. The van der Waals surface area contributed by atoms with Crippen LogP contribution in [-0.4, -0.2) is 23.7 Å². The van der Waals surface area contributed by atoms with E-state index in [9.17, 15) is 10.1 Å². The van der Waals surface area contributed by atoms with Crippen molar-refractivity contribution in [3.63, 3.8) is 0 Å². The van der Waals surface area contributed by atoms with Gasteiger partial charge in [0, 0.05) is 12.6 Å².